The van der Waals surface area contributed by atoms with Gasteiger partial charge in [0.25, 0.3) is 5.91 Å². The van der Waals surface area contributed by atoms with Crippen LogP contribution < -0.4 is 20.3 Å². The number of carbonyl (C=O) groups is 2. The number of amides is 3. The van der Waals surface area contributed by atoms with Crippen molar-refractivity contribution in [1.29, 1.82) is 0 Å². The standard InChI is InChI=1S/C16H25N3O3/c1-5-22-14-8-6-13(7-9-14)10-19(4)11-15(20)18-16(21)17-12(2)3/h6-9,12H,5,10-11H2,1-4H3,(H2,17,18,20,21)/p+1. The van der Waals surface area contributed by atoms with Gasteiger partial charge in [0, 0.05) is 11.6 Å². The maximum absolute atomic E-state index is 11.8. The van der Waals surface area contributed by atoms with Gasteiger partial charge in [-0.05, 0) is 45.0 Å². The van der Waals surface area contributed by atoms with Crippen LogP contribution >= 0.6 is 0 Å². The van der Waals surface area contributed by atoms with E-state index in [1.807, 2.05) is 52.1 Å². The predicted molar refractivity (Wildman–Crippen MR) is 84.9 cm³/mol. The summed E-state index contributed by atoms with van der Waals surface area (Å²) in [5.74, 6) is 0.550. The highest BCUT2D eigenvalue weighted by molar-refractivity contribution is 5.94. The molecule has 0 aliphatic rings. The quantitative estimate of drug-likeness (QED) is 0.680. The van der Waals surface area contributed by atoms with Gasteiger partial charge in [0.15, 0.2) is 6.54 Å². The summed E-state index contributed by atoms with van der Waals surface area (Å²) in [4.78, 5) is 24.2. The second-order valence-corrected chi connectivity index (χ2v) is 5.56. The van der Waals surface area contributed by atoms with Crippen LogP contribution in [0.5, 0.6) is 5.75 Å². The molecule has 0 aliphatic heterocycles. The molecule has 0 spiro atoms. The summed E-state index contributed by atoms with van der Waals surface area (Å²) in [5, 5.41) is 4.94. The van der Waals surface area contributed by atoms with E-state index in [1.165, 1.54) is 0 Å². The molecule has 22 heavy (non-hydrogen) atoms. The molecule has 6 nitrogen and oxygen atoms in total. The lowest BCUT2D eigenvalue weighted by atomic mass is 10.2. The van der Waals surface area contributed by atoms with Crippen molar-refractivity contribution in [3.63, 3.8) is 0 Å². The first kappa shape index (κ1) is 18.0. The summed E-state index contributed by atoms with van der Waals surface area (Å²) in [6.45, 7) is 7.20. The summed E-state index contributed by atoms with van der Waals surface area (Å²) in [6, 6.07) is 7.36. The minimum Gasteiger partial charge on any atom is -0.494 e. The Hall–Kier alpha value is -2.08. The Morgan fingerprint density at radius 1 is 1.23 bits per heavy atom. The fourth-order valence-corrected chi connectivity index (χ4v) is 2.02. The lowest BCUT2D eigenvalue weighted by Gasteiger charge is -2.14. The van der Waals surface area contributed by atoms with E-state index >= 15 is 0 Å². The van der Waals surface area contributed by atoms with Crippen molar-refractivity contribution >= 4 is 11.9 Å². The van der Waals surface area contributed by atoms with E-state index in [4.69, 9.17) is 4.74 Å². The Morgan fingerprint density at radius 2 is 1.86 bits per heavy atom. The second kappa shape index (κ2) is 9.04. The number of ether oxygens (including phenoxy) is 1. The smallest absolute Gasteiger partial charge is 0.321 e. The summed E-state index contributed by atoms with van der Waals surface area (Å²) >= 11 is 0. The van der Waals surface area contributed by atoms with Crippen molar-refractivity contribution in [2.45, 2.75) is 33.4 Å². The molecule has 0 saturated heterocycles. The number of hydrogen-bond acceptors (Lipinski definition) is 3. The molecule has 1 unspecified atom stereocenters. The Kier molecular flexibility index (Phi) is 7.39. The van der Waals surface area contributed by atoms with Crippen molar-refractivity contribution in [2.24, 2.45) is 0 Å². The van der Waals surface area contributed by atoms with Crippen LogP contribution in [-0.4, -0.2) is 38.2 Å². The van der Waals surface area contributed by atoms with Gasteiger partial charge in [-0.25, -0.2) is 4.79 Å². The zero-order chi connectivity index (χ0) is 16.5. The van der Waals surface area contributed by atoms with Crippen molar-refractivity contribution in [2.75, 3.05) is 20.2 Å². The summed E-state index contributed by atoms with van der Waals surface area (Å²) in [5.41, 5.74) is 1.11. The largest absolute Gasteiger partial charge is 0.494 e. The summed E-state index contributed by atoms with van der Waals surface area (Å²) in [7, 11) is 1.91. The van der Waals surface area contributed by atoms with Crippen molar-refractivity contribution < 1.29 is 19.2 Å². The molecule has 0 saturated carbocycles. The number of quaternary nitrogens is 1. The summed E-state index contributed by atoms with van der Waals surface area (Å²) < 4.78 is 5.39. The monoisotopic (exact) mass is 308 g/mol. The van der Waals surface area contributed by atoms with Gasteiger partial charge < -0.3 is 15.0 Å². The van der Waals surface area contributed by atoms with Gasteiger partial charge in [-0.3, -0.25) is 10.1 Å². The minimum absolute atomic E-state index is 0.00160. The fourth-order valence-electron chi connectivity index (χ4n) is 2.02. The lowest BCUT2D eigenvalue weighted by Crippen LogP contribution is -3.09. The molecule has 3 amide bonds. The Bertz CT molecular complexity index is 486. The summed E-state index contributed by atoms with van der Waals surface area (Å²) in [6.07, 6.45) is 0. The molecule has 0 aromatic heterocycles. The molecule has 6 heteroatoms. The molecule has 122 valence electrons. The SMILES string of the molecule is CCOc1ccc(C[NH+](C)CC(=O)NC(=O)NC(C)C)cc1. The molecule has 0 fully saturated rings. The van der Waals surface area contributed by atoms with Gasteiger partial charge in [0.1, 0.15) is 12.3 Å². The normalized spacial score (nSPS) is 11.9. The molecule has 0 radical (unpaired) electrons. The van der Waals surface area contributed by atoms with E-state index < -0.39 is 6.03 Å². The van der Waals surface area contributed by atoms with Gasteiger partial charge >= 0.3 is 6.03 Å². The number of rotatable bonds is 7. The van der Waals surface area contributed by atoms with Crippen LogP contribution in [0.15, 0.2) is 24.3 Å². The molecule has 0 heterocycles. The third kappa shape index (κ3) is 7.08. The molecule has 0 aliphatic carbocycles. The topological polar surface area (TPSA) is 71.9 Å². The van der Waals surface area contributed by atoms with Gasteiger partial charge in [0.2, 0.25) is 0 Å². The first-order chi connectivity index (χ1) is 10.4. The maximum Gasteiger partial charge on any atom is 0.321 e. The Morgan fingerprint density at radius 3 is 2.41 bits per heavy atom. The van der Waals surface area contributed by atoms with Gasteiger partial charge in [-0.1, -0.05) is 0 Å². The highest BCUT2D eigenvalue weighted by Gasteiger charge is 2.14. The van der Waals surface area contributed by atoms with Crippen LogP contribution in [0, 0.1) is 0 Å². The van der Waals surface area contributed by atoms with Crippen molar-refractivity contribution in [3.8, 4) is 5.75 Å². The number of benzene rings is 1. The third-order valence-electron chi connectivity index (χ3n) is 2.88. The minimum atomic E-state index is -0.450. The second-order valence-electron chi connectivity index (χ2n) is 5.56. The number of hydrogen-bond donors (Lipinski definition) is 3. The van der Waals surface area contributed by atoms with Crippen molar-refractivity contribution in [1.82, 2.24) is 10.6 Å². The van der Waals surface area contributed by atoms with Crippen LogP contribution in [-0.2, 0) is 11.3 Å². The molecular formula is C16H26N3O3+. The number of imide groups is 1. The Balaban J connectivity index is 2.40. The highest BCUT2D eigenvalue weighted by Crippen LogP contribution is 2.11. The molecular weight excluding hydrogens is 282 g/mol. The first-order valence-electron chi connectivity index (χ1n) is 7.54. The van der Waals surface area contributed by atoms with E-state index in [-0.39, 0.29) is 18.5 Å². The average Bonchev–Trinajstić information content (AvgIpc) is 2.39. The number of carbonyl (C=O) groups excluding carboxylic acids is 2. The van der Waals surface area contributed by atoms with Gasteiger partial charge in [0.05, 0.1) is 13.7 Å². The van der Waals surface area contributed by atoms with E-state index in [1.54, 1.807) is 0 Å². The molecule has 1 rings (SSSR count). The average molecular weight is 308 g/mol. The maximum atomic E-state index is 11.8. The molecule has 1 atom stereocenters. The number of urea groups is 1. The Labute approximate surface area is 131 Å². The van der Waals surface area contributed by atoms with Crippen molar-refractivity contribution in [3.05, 3.63) is 29.8 Å². The van der Waals surface area contributed by atoms with Crippen LogP contribution in [0.2, 0.25) is 0 Å². The van der Waals surface area contributed by atoms with E-state index in [9.17, 15) is 9.59 Å². The molecule has 1 aromatic rings. The zero-order valence-electron chi connectivity index (χ0n) is 13.7. The highest BCUT2D eigenvalue weighted by atomic mass is 16.5. The van der Waals surface area contributed by atoms with E-state index in [0.717, 1.165) is 16.2 Å². The number of likely N-dealkylation sites (N-methyl/N-ethyl adjacent to an activating group) is 1. The number of nitrogens with one attached hydrogen (secondary N) is 3. The fraction of sp³-hybridized carbons (Fsp3) is 0.500. The van der Waals surface area contributed by atoms with Gasteiger partial charge in [-0.15, -0.1) is 0 Å². The third-order valence-corrected chi connectivity index (χ3v) is 2.88. The first-order valence-corrected chi connectivity index (χ1v) is 7.54. The van der Waals surface area contributed by atoms with Crippen LogP contribution in [0.25, 0.3) is 0 Å². The van der Waals surface area contributed by atoms with E-state index in [0.29, 0.717) is 13.2 Å². The predicted octanol–water partition coefficient (Wildman–Crippen LogP) is 0.334. The lowest BCUT2D eigenvalue weighted by molar-refractivity contribution is -0.885. The zero-order valence-corrected chi connectivity index (χ0v) is 13.7. The molecule has 0 bridgehead atoms. The van der Waals surface area contributed by atoms with Crippen LogP contribution in [0.3, 0.4) is 0 Å². The molecule has 3 N–H and O–H groups in total. The van der Waals surface area contributed by atoms with Gasteiger partial charge in [-0.2, -0.15) is 0 Å². The van der Waals surface area contributed by atoms with Crippen LogP contribution in [0.1, 0.15) is 26.3 Å². The molecule has 1 aromatic carbocycles. The van der Waals surface area contributed by atoms with Crippen LogP contribution in [0.4, 0.5) is 4.79 Å². The van der Waals surface area contributed by atoms with E-state index in [2.05, 4.69) is 10.6 Å².